The van der Waals surface area contributed by atoms with Crippen LogP contribution >= 0.6 is 0 Å². The van der Waals surface area contributed by atoms with Gasteiger partial charge in [-0.2, -0.15) is 31.4 Å². The second-order valence-electron chi connectivity index (χ2n) is 6.95. The number of rotatable bonds is 3. The van der Waals surface area contributed by atoms with Crippen molar-refractivity contribution in [1.29, 1.82) is 0 Å². The highest BCUT2D eigenvalue weighted by atomic mass is 19.4. The Labute approximate surface area is 154 Å². The van der Waals surface area contributed by atoms with Crippen LogP contribution in [-0.2, 0) is 17.5 Å². The lowest BCUT2D eigenvalue weighted by molar-refractivity contribution is -0.155. The monoisotopic (exact) mass is 404 g/mol. The quantitative estimate of drug-likeness (QED) is 0.794. The molecule has 0 saturated heterocycles. The van der Waals surface area contributed by atoms with Crippen LogP contribution in [-0.4, -0.2) is 26.8 Å². The van der Waals surface area contributed by atoms with Gasteiger partial charge in [0.1, 0.15) is 5.69 Å². The molecule has 0 radical (unpaired) electrons. The summed E-state index contributed by atoms with van der Waals surface area (Å²) in [6.07, 6.45) is -7.70. The Kier molecular flexibility index (Phi) is 4.16. The number of hydrogen-bond acceptors (Lipinski definition) is 3. The molecule has 1 saturated carbocycles. The van der Waals surface area contributed by atoms with E-state index in [0.29, 0.717) is 18.7 Å². The predicted octanol–water partition coefficient (Wildman–Crippen LogP) is 3.72. The van der Waals surface area contributed by atoms with Gasteiger partial charge in [-0.3, -0.25) is 14.5 Å². The van der Waals surface area contributed by atoms with E-state index >= 15 is 0 Å². The third-order valence-electron chi connectivity index (χ3n) is 5.01. The lowest BCUT2D eigenvalue weighted by Crippen LogP contribution is -2.30. The van der Waals surface area contributed by atoms with Crippen molar-refractivity contribution < 1.29 is 31.1 Å². The number of halogens is 6. The van der Waals surface area contributed by atoms with E-state index < -0.39 is 41.8 Å². The van der Waals surface area contributed by atoms with Crippen molar-refractivity contribution in [3.63, 3.8) is 0 Å². The molecule has 4 rings (SSSR count). The Balaban J connectivity index is 1.50. The van der Waals surface area contributed by atoms with E-state index in [0.717, 1.165) is 12.3 Å². The molecule has 150 valence electrons. The van der Waals surface area contributed by atoms with Crippen molar-refractivity contribution in [2.45, 2.75) is 37.8 Å². The second kappa shape index (κ2) is 6.21. The lowest BCUT2D eigenvalue weighted by Gasteiger charge is -2.12. The van der Waals surface area contributed by atoms with E-state index in [1.807, 2.05) is 0 Å². The van der Waals surface area contributed by atoms with Crippen LogP contribution in [0.15, 0.2) is 24.4 Å². The topological polar surface area (TPSA) is 59.8 Å². The summed E-state index contributed by atoms with van der Waals surface area (Å²) in [6, 6.07) is 3.29. The van der Waals surface area contributed by atoms with Gasteiger partial charge in [0.05, 0.1) is 29.3 Å². The van der Waals surface area contributed by atoms with Gasteiger partial charge in [0.2, 0.25) is 5.91 Å². The molecule has 3 atom stereocenters. The molecule has 1 N–H and O–H groups in total. The van der Waals surface area contributed by atoms with Gasteiger partial charge in [0.15, 0.2) is 0 Å². The van der Waals surface area contributed by atoms with E-state index in [2.05, 4.69) is 15.4 Å². The molecular weight excluding hydrogens is 390 g/mol. The molecule has 5 nitrogen and oxygen atoms in total. The number of pyridine rings is 1. The zero-order valence-corrected chi connectivity index (χ0v) is 14.2. The fourth-order valence-corrected chi connectivity index (χ4v) is 3.45. The summed E-state index contributed by atoms with van der Waals surface area (Å²) in [4.78, 5) is 15.4. The third-order valence-corrected chi connectivity index (χ3v) is 5.01. The van der Waals surface area contributed by atoms with Crippen molar-refractivity contribution in [1.82, 2.24) is 20.1 Å². The summed E-state index contributed by atoms with van der Waals surface area (Å²) in [7, 11) is 0. The molecule has 1 aliphatic carbocycles. The maximum Gasteiger partial charge on any atom is 0.433 e. The van der Waals surface area contributed by atoms with Gasteiger partial charge in [-0.05, 0) is 31.0 Å². The lowest BCUT2D eigenvalue weighted by atomic mass is 10.1. The number of carbonyl (C=O) groups is 1. The summed E-state index contributed by atoms with van der Waals surface area (Å²) in [5, 5.41) is 6.85. The minimum atomic E-state index is -4.59. The highest BCUT2D eigenvalue weighted by molar-refractivity contribution is 5.82. The number of nitrogens with zero attached hydrogens (tertiary/aromatic N) is 3. The van der Waals surface area contributed by atoms with Crippen LogP contribution in [0, 0.1) is 11.8 Å². The molecule has 0 aromatic carbocycles. The fourth-order valence-electron chi connectivity index (χ4n) is 3.45. The molecule has 3 heterocycles. The molecule has 1 aliphatic heterocycles. The number of alkyl halides is 6. The number of aryl methyl sites for hydroxylation is 1. The highest BCUT2D eigenvalue weighted by Crippen LogP contribution is 2.50. The predicted molar refractivity (Wildman–Crippen MR) is 83.6 cm³/mol. The van der Waals surface area contributed by atoms with Crippen molar-refractivity contribution >= 4 is 5.91 Å². The van der Waals surface area contributed by atoms with Gasteiger partial charge in [-0.15, -0.1) is 0 Å². The van der Waals surface area contributed by atoms with E-state index in [9.17, 15) is 31.1 Å². The highest BCUT2D eigenvalue weighted by Gasteiger charge is 2.59. The summed E-state index contributed by atoms with van der Waals surface area (Å²) in [5.74, 6) is -3.34. The Morgan fingerprint density at radius 2 is 1.93 bits per heavy atom. The van der Waals surface area contributed by atoms with Crippen LogP contribution in [0.25, 0.3) is 11.3 Å². The second-order valence-corrected chi connectivity index (χ2v) is 6.95. The first-order valence-electron chi connectivity index (χ1n) is 8.52. The normalized spacial score (nSPS) is 24.1. The number of amides is 1. The molecule has 0 spiro atoms. The number of nitrogens with one attached hydrogen (secondary N) is 1. The minimum absolute atomic E-state index is 0.216. The van der Waals surface area contributed by atoms with E-state index in [1.165, 1.54) is 6.07 Å². The standard InChI is InChI=1S/C17H14F6N4O/c18-16(19,20)10-6-9(10)15(28)25-11-2-4-27-13(11)7-12(26-27)8-1-3-24-14(5-8)17(21,22)23/h1,3,5,7,9-11H,2,4,6H2,(H,25,28)/t9-,10-,11?/m1/s1. The smallest absolute Gasteiger partial charge is 0.347 e. The number of fused-ring (bicyclic) bond motifs is 1. The maximum atomic E-state index is 12.8. The first-order chi connectivity index (χ1) is 13.0. The summed E-state index contributed by atoms with van der Waals surface area (Å²) in [5.41, 5.74) is 0.00272. The minimum Gasteiger partial charge on any atom is -0.347 e. The van der Waals surface area contributed by atoms with Crippen molar-refractivity contribution in [2.75, 3.05) is 0 Å². The van der Waals surface area contributed by atoms with E-state index in [1.54, 1.807) is 10.7 Å². The fraction of sp³-hybridized carbons (Fsp3) is 0.471. The molecule has 0 bridgehead atoms. The van der Waals surface area contributed by atoms with Gasteiger partial charge >= 0.3 is 12.4 Å². The largest absolute Gasteiger partial charge is 0.433 e. The molecule has 2 aromatic heterocycles. The Morgan fingerprint density at radius 1 is 1.18 bits per heavy atom. The van der Waals surface area contributed by atoms with Crippen LogP contribution in [0.4, 0.5) is 26.3 Å². The number of aromatic nitrogens is 3. The van der Waals surface area contributed by atoms with Crippen molar-refractivity contribution in [3.05, 3.63) is 35.8 Å². The molecule has 2 aliphatic rings. The summed E-state index contributed by atoms with van der Waals surface area (Å²) in [6.45, 7) is 0.408. The molecule has 11 heteroatoms. The molecule has 28 heavy (non-hydrogen) atoms. The SMILES string of the molecule is O=C(NC1CCn2nc(-c3ccnc(C(F)(F)F)c3)cc21)[C@@H]1C[C@H]1C(F)(F)F. The van der Waals surface area contributed by atoms with Gasteiger partial charge in [0, 0.05) is 18.3 Å². The number of hydrogen-bond donors (Lipinski definition) is 1. The van der Waals surface area contributed by atoms with Crippen LogP contribution in [0.5, 0.6) is 0 Å². The van der Waals surface area contributed by atoms with E-state index in [-0.39, 0.29) is 17.7 Å². The first kappa shape index (κ1) is 18.8. The molecular formula is C17H14F6N4O. The van der Waals surface area contributed by atoms with Crippen LogP contribution < -0.4 is 5.32 Å². The Morgan fingerprint density at radius 3 is 2.57 bits per heavy atom. The van der Waals surface area contributed by atoms with Crippen LogP contribution in [0.1, 0.15) is 30.3 Å². The summed E-state index contributed by atoms with van der Waals surface area (Å²) < 4.78 is 77.9. The third kappa shape index (κ3) is 3.45. The zero-order chi connectivity index (χ0) is 20.3. The Hall–Kier alpha value is -2.59. The maximum absolute atomic E-state index is 12.8. The average molecular weight is 404 g/mol. The Bertz CT molecular complexity index is 919. The van der Waals surface area contributed by atoms with Gasteiger partial charge in [-0.25, -0.2) is 0 Å². The van der Waals surface area contributed by atoms with Crippen LogP contribution in [0.2, 0.25) is 0 Å². The van der Waals surface area contributed by atoms with Gasteiger partial charge < -0.3 is 5.32 Å². The zero-order valence-electron chi connectivity index (χ0n) is 14.2. The van der Waals surface area contributed by atoms with Crippen molar-refractivity contribution in [3.8, 4) is 11.3 Å². The average Bonchev–Trinajstić information content (AvgIpc) is 3.20. The molecule has 1 fully saturated rings. The molecule has 1 unspecified atom stereocenters. The van der Waals surface area contributed by atoms with Gasteiger partial charge in [0.25, 0.3) is 0 Å². The van der Waals surface area contributed by atoms with Gasteiger partial charge in [-0.1, -0.05) is 0 Å². The van der Waals surface area contributed by atoms with Crippen LogP contribution in [0.3, 0.4) is 0 Å². The first-order valence-corrected chi connectivity index (χ1v) is 8.52. The number of carbonyl (C=O) groups excluding carboxylic acids is 1. The molecule has 2 aromatic rings. The van der Waals surface area contributed by atoms with Crippen molar-refractivity contribution in [2.24, 2.45) is 11.8 Å². The molecule has 1 amide bonds. The van der Waals surface area contributed by atoms with E-state index in [4.69, 9.17) is 0 Å². The summed E-state index contributed by atoms with van der Waals surface area (Å²) >= 11 is 0.